The van der Waals surface area contributed by atoms with Gasteiger partial charge in [0.2, 0.25) is 0 Å². The Bertz CT molecular complexity index is 675. The van der Waals surface area contributed by atoms with Crippen molar-refractivity contribution in [2.45, 2.75) is 155 Å². The Hall–Kier alpha value is -2.29. The Labute approximate surface area is 255 Å². The van der Waals surface area contributed by atoms with Gasteiger partial charge in [0.05, 0.1) is 0 Å². The molecule has 0 rings (SSSR count). The average Bonchev–Trinajstić information content (AvgIpc) is 2.96. The van der Waals surface area contributed by atoms with Gasteiger partial charge in [-0.3, -0.25) is 4.79 Å². The number of carbonyl (C=O) groups is 1. The minimum absolute atomic E-state index is 0.0214. The summed E-state index contributed by atoms with van der Waals surface area (Å²) in [5, 5.41) is 9.23. The summed E-state index contributed by atoms with van der Waals surface area (Å²) < 4.78 is 0. The number of aliphatic carboxylic acids is 1. The first-order valence-electron chi connectivity index (χ1n) is 17.1. The summed E-state index contributed by atoms with van der Waals surface area (Å²) in [6.07, 6.45) is 53.2. The fourth-order valence-corrected chi connectivity index (χ4v) is 4.52. The standard InChI is InChI=1S/C38H65NO2/c1-3-5-7-9-11-13-15-17-19-21-23-25-27-29-31-33-35-39(37-38(40)41)36-34-32-30-28-26-24-22-20-18-16-14-12-10-8-6-4-2/h11-14,17-20,33-36H,3-10,15-16,21-32,37H2,1-2H3,(H,40,41)/b13-11-,14-12-,19-17-,20-18-,35-33?,36-34?. The minimum Gasteiger partial charge on any atom is -0.480 e. The van der Waals surface area contributed by atoms with Crippen molar-refractivity contribution in [2.75, 3.05) is 6.54 Å². The lowest BCUT2D eigenvalue weighted by atomic mass is 10.1. The van der Waals surface area contributed by atoms with Crippen molar-refractivity contribution < 1.29 is 9.90 Å². The second kappa shape index (κ2) is 33.9. The van der Waals surface area contributed by atoms with Gasteiger partial charge in [0, 0.05) is 12.4 Å². The molecule has 0 radical (unpaired) electrons. The predicted octanol–water partition coefficient (Wildman–Crippen LogP) is 12.2. The van der Waals surface area contributed by atoms with Crippen LogP contribution >= 0.6 is 0 Å². The normalized spacial score (nSPS) is 12.5. The molecule has 0 saturated heterocycles. The first-order valence-corrected chi connectivity index (χ1v) is 17.1. The van der Waals surface area contributed by atoms with Crippen molar-refractivity contribution in [1.29, 1.82) is 0 Å². The van der Waals surface area contributed by atoms with Gasteiger partial charge in [-0.2, -0.15) is 0 Å². The van der Waals surface area contributed by atoms with E-state index in [4.69, 9.17) is 0 Å². The highest BCUT2D eigenvalue weighted by molar-refractivity contribution is 5.69. The molecule has 3 heteroatoms. The molecule has 0 aromatic heterocycles. The van der Waals surface area contributed by atoms with E-state index in [9.17, 15) is 9.90 Å². The molecule has 0 aliphatic rings. The summed E-state index contributed by atoms with van der Waals surface area (Å²) in [5.74, 6) is -0.792. The molecule has 0 aliphatic carbocycles. The summed E-state index contributed by atoms with van der Waals surface area (Å²) in [5.41, 5.74) is 0. The van der Waals surface area contributed by atoms with Crippen LogP contribution in [-0.4, -0.2) is 22.5 Å². The van der Waals surface area contributed by atoms with Crippen LogP contribution in [-0.2, 0) is 4.79 Å². The molecule has 0 bridgehead atoms. The van der Waals surface area contributed by atoms with E-state index >= 15 is 0 Å². The number of allylic oxidation sites excluding steroid dienone is 10. The summed E-state index contributed by atoms with van der Waals surface area (Å²) in [6.45, 7) is 4.52. The molecule has 0 saturated carbocycles. The van der Waals surface area contributed by atoms with Crippen LogP contribution in [0.2, 0.25) is 0 Å². The van der Waals surface area contributed by atoms with E-state index in [2.05, 4.69) is 74.6 Å². The van der Waals surface area contributed by atoms with E-state index in [0.717, 1.165) is 38.5 Å². The molecule has 234 valence electrons. The Morgan fingerprint density at radius 2 is 0.780 bits per heavy atom. The number of hydrogen-bond acceptors (Lipinski definition) is 2. The molecule has 0 fully saturated rings. The van der Waals surface area contributed by atoms with Crippen LogP contribution in [0, 0.1) is 0 Å². The fraction of sp³-hybridized carbons (Fsp3) is 0.658. The second-order valence-electron chi connectivity index (χ2n) is 11.2. The number of unbranched alkanes of at least 4 members (excludes halogenated alkanes) is 16. The van der Waals surface area contributed by atoms with E-state index in [0.29, 0.717) is 0 Å². The van der Waals surface area contributed by atoms with Crippen LogP contribution in [0.25, 0.3) is 0 Å². The van der Waals surface area contributed by atoms with Gasteiger partial charge in [0.25, 0.3) is 0 Å². The third-order valence-electron chi connectivity index (χ3n) is 7.05. The van der Waals surface area contributed by atoms with Gasteiger partial charge >= 0.3 is 5.97 Å². The minimum atomic E-state index is -0.792. The molecule has 0 heterocycles. The molecule has 0 aromatic carbocycles. The topological polar surface area (TPSA) is 40.5 Å². The van der Waals surface area contributed by atoms with Crippen molar-refractivity contribution in [3.63, 3.8) is 0 Å². The quantitative estimate of drug-likeness (QED) is 0.0693. The predicted molar refractivity (Wildman–Crippen MR) is 182 cm³/mol. The summed E-state index contributed by atoms with van der Waals surface area (Å²) in [4.78, 5) is 13.0. The van der Waals surface area contributed by atoms with Crippen LogP contribution in [0.1, 0.15) is 155 Å². The third-order valence-corrected chi connectivity index (χ3v) is 7.05. The van der Waals surface area contributed by atoms with E-state index < -0.39 is 5.97 Å². The van der Waals surface area contributed by atoms with Crippen LogP contribution in [0.4, 0.5) is 0 Å². The van der Waals surface area contributed by atoms with Gasteiger partial charge in [-0.15, -0.1) is 0 Å². The highest BCUT2D eigenvalue weighted by Gasteiger charge is 2.01. The zero-order valence-corrected chi connectivity index (χ0v) is 27.0. The summed E-state index contributed by atoms with van der Waals surface area (Å²) >= 11 is 0. The van der Waals surface area contributed by atoms with E-state index in [1.807, 2.05) is 12.4 Å². The maximum absolute atomic E-state index is 11.2. The smallest absolute Gasteiger partial charge is 0.323 e. The molecule has 0 spiro atoms. The van der Waals surface area contributed by atoms with Crippen molar-refractivity contribution in [2.24, 2.45) is 0 Å². The SMILES string of the molecule is CCCCC/C=C\C/C=C\CCCCCCC=CN(C=CCCCCCC/C=C\C/C=C\CCCCC)CC(=O)O. The van der Waals surface area contributed by atoms with Crippen LogP contribution in [0.3, 0.4) is 0 Å². The van der Waals surface area contributed by atoms with Crippen molar-refractivity contribution in [1.82, 2.24) is 4.90 Å². The van der Waals surface area contributed by atoms with Crippen molar-refractivity contribution in [3.8, 4) is 0 Å². The van der Waals surface area contributed by atoms with E-state index in [1.165, 1.54) is 103 Å². The Kier molecular flexibility index (Phi) is 32.0. The maximum Gasteiger partial charge on any atom is 0.323 e. The highest BCUT2D eigenvalue weighted by atomic mass is 16.4. The average molecular weight is 568 g/mol. The lowest BCUT2D eigenvalue weighted by Gasteiger charge is -2.12. The summed E-state index contributed by atoms with van der Waals surface area (Å²) in [6, 6.07) is 0. The Balaban J connectivity index is 3.80. The van der Waals surface area contributed by atoms with Gasteiger partial charge in [-0.1, -0.05) is 126 Å². The van der Waals surface area contributed by atoms with Gasteiger partial charge < -0.3 is 10.0 Å². The molecule has 0 aromatic rings. The Morgan fingerprint density at radius 1 is 0.463 bits per heavy atom. The van der Waals surface area contributed by atoms with E-state index in [1.54, 1.807) is 4.90 Å². The molecule has 41 heavy (non-hydrogen) atoms. The van der Waals surface area contributed by atoms with Crippen LogP contribution in [0.15, 0.2) is 73.2 Å². The third kappa shape index (κ3) is 33.8. The number of carboxylic acid groups (broad SMARTS) is 1. The van der Waals surface area contributed by atoms with Crippen LogP contribution < -0.4 is 0 Å². The molecule has 0 aliphatic heterocycles. The van der Waals surface area contributed by atoms with Crippen molar-refractivity contribution in [3.05, 3.63) is 73.2 Å². The number of rotatable bonds is 30. The van der Waals surface area contributed by atoms with Gasteiger partial charge in [0.1, 0.15) is 6.54 Å². The van der Waals surface area contributed by atoms with Crippen molar-refractivity contribution >= 4 is 5.97 Å². The molecule has 1 N–H and O–H groups in total. The molecular weight excluding hydrogens is 502 g/mol. The monoisotopic (exact) mass is 568 g/mol. The Morgan fingerprint density at radius 3 is 1.10 bits per heavy atom. The maximum atomic E-state index is 11.2. The second-order valence-corrected chi connectivity index (χ2v) is 11.2. The first kappa shape index (κ1) is 38.7. The fourth-order valence-electron chi connectivity index (χ4n) is 4.52. The number of carboxylic acids is 1. The molecule has 0 amide bonds. The highest BCUT2D eigenvalue weighted by Crippen LogP contribution is 2.09. The lowest BCUT2D eigenvalue weighted by molar-refractivity contribution is -0.137. The lowest BCUT2D eigenvalue weighted by Crippen LogP contribution is -2.19. The summed E-state index contributed by atoms with van der Waals surface area (Å²) in [7, 11) is 0. The molecule has 0 unspecified atom stereocenters. The largest absolute Gasteiger partial charge is 0.480 e. The van der Waals surface area contributed by atoms with Crippen LogP contribution in [0.5, 0.6) is 0 Å². The molecule has 3 nitrogen and oxygen atoms in total. The number of nitrogens with zero attached hydrogens (tertiary/aromatic N) is 1. The zero-order chi connectivity index (χ0) is 29.9. The van der Waals surface area contributed by atoms with Gasteiger partial charge in [-0.05, 0) is 89.9 Å². The molecule has 0 atom stereocenters. The zero-order valence-electron chi connectivity index (χ0n) is 27.0. The number of hydrogen-bond donors (Lipinski definition) is 1. The van der Waals surface area contributed by atoms with Gasteiger partial charge in [0.15, 0.2) is 0 Å². The van der Waals surface area contributed by atoms with Gasteiger partial charge in [-0.25, -0.2) is 0 Å². The van der Waals surface area contributed by atoms with E-state index in [-0.39, 0.29) is 6.54 Å². The first-order chi connectivity index (χ1) is 20.2. The molecular formula is C38H65NO2.